The Bertz CT molecular complexity index is 319. The Labute approximate surface area is 92.7 Å². The van der Waals surface area contributed by atoms with Crippen molar-refractivity contribution >= 4 is 0 Å². The highest BCUT2D eigenvalue weighted by Gasteiger charge is 2.26. The van der Waals surface area contributed by atoms with Crippen molar-refractivity contribution in [2.75, 3.05) is 0 Å². The van der Waals surface area contributed by atoms with Gasteiger partial charge in [-0.2, -0.15) is 5.10 Å². The molecule has 0 spiro atoms. The van der Waals surface area contributed by atoms with Gasteiger partial charge in [-0.1, -0.05) is 20.8 Å². The summed E-state index contributed by atoms with van der Waals surface area (Å²) in [5.74, 6) is 0. The van der Waals surface area contributed by atoms with E-state index in [1.54, 1.807) is 0 Å². The molecule has 1 heterocycles. The normalized spacial score (nSPS) is 17.8. The molecular formula is C13H22N2. The topological polar surface area (TPSA) is 17.8 Å². The third kappa shape index (κ3) is 1.82. The highest BCUT2D eigenvalue weighted by molar-refractivity contribution is 5.18. The van der Waals surface area contributed by atoms with Crippen molar-refractivity contribution in [3.05, 3.63) is 18.0 Å². The molecule has 0 amide bonds. The van der Waals surface area contributed by atoms with E-state index >= 15 is 0 Å². The number of nitrogens with zero attached hydrogens (tertiary/aromatic N) is 2. The Balaban J connectivity index is 2.18. The average Bonchev–Trinajstić information content (AvgIpc) is 2.63. The lowest BCUT2D eigenvalue weighted by Gasteiger charge is -2.27. The number of hydrogen-bond donors (Lipinski definition) is 0. The van der Waals surface area contributed by atoms with Crippen molar-refractivity contribution in [3.63, 3.8) is 0 Å². The van der Waals surface area contributed by atoms with Crippen LogP contribution in [0.25, 0.3) is 0 Å². The highest BCUT2D eigenvalue weighted by atomic mass is 15.3. The van der Waals surface area contributed by atoms with E-state index < -0.39 is 0 Å². The van der Waals surface area contributed by atoms with E-state index in [2.05, 4.69) is 42.9 Å². The second-order valence-corrected chi connectivity index (χ2v) is 5.06. The maximum absolute atomic E-state index is 4.52. The molecule has 0 saturated heterocycles. The zero-order valence-corrected chi connectivity index (χ0v) is 10.2. The second-order valence-electron chi connectivity index (χ2n) is 5.06. The van der Waals surface area contributed by atoms with Crippen LogP contribution in [0.5, 0.6) is 0 Å². The standard InChI is InChI=1S/C13H22N2/c1-4-13(3,5-2)11-9-14-15(10-11)12-7-6-8-12/h9-10,12H,4-8H2,1-3H3. The van der Waals surface area contributed by atoms with Crippen LogP contribution in [0.1, 0.15) is 64.5 Å². The number of rotatable bonds is 4. The molecule has 0 aliphatic heterocycles. The van der Waals surface area contributed by atoms with Gasteiger partial charge in [-0.15, -0.1) is 0 Å². The molecule has 1 fully saturated rings. The molecule has 2 rings (SSSR count). The van der Waals surface area contributed by atoms with E-state index in [0.29, 0.717) is 11.5 Å². The van der Waals surface area contributed by atoms with E-state index in [0.717, 1.165) is 0 Å². The molecule has 84 valence electrons. The lowest BCUT2D eigenvalue weighted by atomic mass is 9.79. The van der Waals surface area contributed by atoms with Gasteiger partial charge in [0, 0.05) is 6.20 Å². The quantitative estimate of drug-likeness (QED) is 0.734. The van der Waals surface area contributed by atoms with Crippen molar-refractivity contribution in [2.24, 2.45) is 0 Å². The molecule has 0 atom stereocenters. The summed E-state index contributed by atoms with van der Waals surface area (Å²) in [4.78, 5) is 0. The van der Waals surface area contributed by atoms with E-state index in [-0.39, 0.29) is 0 Å². The lowest BCUT2D eigenvalue weighted by molar-refractivity contribution is 0.288. The molecule has 2 heteroatoms. The van der Waals surface area contributed by atoms with Crippen LogP contribution in [0.2, 0.25) is 0 Å². The monoisotopic (exact) mass is 206 g/mol. The molecule has 1 aromatic rings. The largest absolute Gasteiger partial charge is 0.269 e. The van der Waals surface area contributed by atoms with Crippen LogP contribution < -0.4 is 0 Å². The molecule has 0 unspecified atom stereocenters. The predicted molar refractivity (Wildman–Crippen MR) is 63.0 cm³/mol. The fraction of sp³-hybridized carbons (Fsp3) is 0.769. The molecule has 15 heavy (non-hydrogen) atoms. The fourth-order valence-electron chi connectivity index (χ4n) is 2.16. The minimum absolute atomic E-state index is 0.321. The molecule has 1 aliphatic rings. The summed E-state index contributed by atoms with van der Waals surface area (Å²) >= 11 is 0. The molecule has 1 aromatic heterocycles. The molecule has 2 nitrogen and oxygen atoms in total. The third-order valence-electron chi connectivity index (χ3n) is 4.31. The van der Waals surface area contributed by atoms with E-state index in [1.807, 2.05) is 0 Å². The van der Waals surface area contributed by atoms with Gasteiger partial charge in [-0.05, 0) is 43.1 Å². The van der Waals surface area contributed by atoms with Gasteiger partial charge in [-0.3, -0.25) is 4.68 Å². The maximum atomic E-state index is 4.52. The summed E-state index contributed by atoms with van der Waals surface area (Å²) in [5, 5.41) is 4.52. The lowest BCUT2D eigenvalue weighted by Crippen LogP contribution is -2.20. The SMILES string of the molecule is CCC(C)(CC)c1cnn(C2CCC2)c1. The first kappa shape index (κ1) is 10.7. The Morgan fingerprint density at radius 3 is 2.53 bits per heavy atom. The van der Waals surface area contributed by atoms with Crippen molar-refractivity contribution in [1.82, 2.24) is 9.78 Å². The highest BCUT2D eigenvalue weighted by Crippen LogP contribution is 2.34. The van der Waals surface area contributed by atoms with Crippen LogP contribution in [0.15, 0.2) is 12.4 Å². The fourth-order valence-corrected chi connectivity index (χ4v) is 2.16. The minimum atomic E-state index is 0.321. The molecule has 1 aliphatic carbocycles. The Hall–Kier alpha value is -0.790. The predicted octanol–water partition coefficient (Wildman–Crippen LogP) is 3.69. The zero-order valence-electron chi connectivity index (χ0n) is 10.2. The summed E-state index contributed by atoms with van der Waals surface area (Å²) in [6.07, 6.45) is 10.7. The molecule has 1 saturated carbocycles. The molecular weight excluding hydrogens is 184 g/mol. The molecule has 0 aromatic carbocycles. The Kier molecular flexibility index (Phi) is 2.85. The Morgan fingerprint density at radius 2 is 2.07 bits per heavy atom. The van der Waals surface area contributed by atoms with Crippen molar-refractivity contribution < 1.29 is 0 Å². The maximum Gasteiger partial charge on any atom is 0.0527 e. The summed E-state index contributed by atoms with van der Waals surface area (Å²) in [6.45, 7) is 6.88. The van der Waals surface area contributed by atoms with E-state index in [9.17, 15) is 0 Å². The van der Waals surface area contributed by atoms with Crippen LogP contribution in [0, 0.1) is 0 Å². The number of aromatic nitrogens is 2. The number of hydrogen-bond acceptors (Lipinski definition) is 1. The Morgan fingerprint density at radius 1 is 1.40 bits per heavy atom. The van der Waals surface area contributed by atoms with Crippen molar-refractivity contribution in [1.29, 1.82) is 0 Å². The average molecular weight is 206 g/mol. The summed E-state index contributed by atoms with van der Waals surface area (Å²) in [7, 11) is 0. The summed E-state index contributed by atoms with van der Waals surface area (Å²) < 4.78 is 2.18. The van der Waals surface area contributed by atoms with Gasteiger partial charge in [-0.25, -0.2) is 0 Å². The first-order chi connectivity index (χ1) is 7.19. The van der Waals surface area contributed by atoms with Crippen molar-refractivity contribution in [2.45, 2.75) is 64.3 Å². The summed E-state index contributed by atoms with van der Waals surface area (Å²) in [6, 6.07) is 0.691. The van der Waals surface area contributed by atoms with Gasteiger partial charge < -0.3 is 0 Å². The van der Waals surface area contributed by atoms with Crippen LogP contribution in [-0.2, 0) is 5.41 Å². The van der Waals surface area contributed by atoms with Crippen LogP contribution in [0.3, 0.4) is 0 Å². The first-order valence-electron chi connectivity index (χ1n) is 6.24. The smallest absolute Gasteiger partial charge is 0.0527 e. The third-order valence-corrected chi connectivity index (χ3v) is 4.31. The molecule has 0 bridgehead atoms. The zero-order chi connectivity index (χ0) is 10.9. The minimum Gasteiger partial charge on any atom is -0.269 e. The second kappa shape index (κ2) is 3.99. The van der Waals surface area contributed by atoms with Gasteiger partial charge in [0.05, 0.1) is 12.2 Å². The molecule has 0 radical (unpaired) electrons. The molecule has 0 N–H and O–H groups in total. The van der Waals surface area contributed by atoms with E-state index in [1.165, 1.54) is 37.7 Å². The van der Waals surface area contributed by atoms with Gasteiger partial charge in [0.2, 0.25) is 0 Å². The van der Waals surface area contributed by atoms with Gasteiger partial charge in [0.25, 0.3) is 0 Å². The first-order valence-corrected chi connectivity index (χ1v) is 6.24. The van der Waals surface area contributed by atoms with Crippen LogP contribution >= 0.6 is 0 Å². The van der Waals surface area contributed by atoms with Crippen molar-refractivity contribution in [3.8, 4) is 0 Å². The van der Waals surface area contributed by atoms with Crippen LogP contribution in [0.4, 0.5) is 0 Å². The van der Waals surface area contributed by atoms with Gasteiger partial charge in [0.1, 0.15) is 0 Å². The summed E-state index contributed by atoms with van der Waals surface area (Å²) in [5.41, 5.74) is 1.74. The van der Waals surface area contributed by atoms with Crippen LogP contribution in [-0.4, -0.2) is 9.78 Å². The van der Waals surface area contributed by atoms with Gasteiger partial charge in [0.15, 0.2) is 0 Å². The van der Waals surface area contributed by atoms with E-state index in [4.69, 9.17) is 0 Å². The van der Waals surface area contributed by atoms with Gasteiger partial charge >= 0.3 is 0 Å².